The highest BCUT2D eigenvalue weighted by Gasteiger charge is 2.05. The Morgan fingerprint density at radius 3 is 1.83 bits per heavy atom. The fourth-order valence-electron chi connectivity index (χ4n) is 3.07. The van der Waals surface area contributed by atoms with Gasteiger partial charge in [-0.2, -0.15) is 0 Å². The van der Waals surface area contributed by atoms with Crippen LogP contribution in [-0.4, -0.2) is 14.1 Å². The van der Waals surface area contributed by atoms with E-state index in [2.05, 4.69) is 97.5 Å². The smallest absolute Gasteiger partial charge is 0.0760 e. The van der Waals surface area contributed by atoms with E-state index in [1.54, 1.807) is 0 Å². The van der Waals surface area contributed by atoms with Gasteiger partial charge in [-0.1, -0.05) is 90.6 Å². The van der Waals surface area contributed by atoms with Crippen molar-refractivity contribution in [2.24, 2.45) is 0 Å². The molecule has 0 bridgehead atoms. The van der Waals surface area contributed by atoms with E-state index in [1.807, 2.05) is 0 Å². The minimum absolute atomic E-state index is 0.789. The zero-order valence-electron chi connectivity index (χ0n) is 14.3. The molecule has 0 aromatic heterocycles. The standard InChI is InChI=1S/C23H24Si/c1-20-12-8-9-13-21(20)14-10-11-19-24(22-15-4-2-5-16-22)23-17-6-3-7-18-23/h2-9,12-13,15-19H,10-11,14H2,1H3. The van der Waals surface area contributed by atoms with Crippen molar-refractivity contribution in [3.05, 3.63) is 96.1 Å². The van der Waals surface area contributed by atoms with Crippen LogP contribution in [0.5, 0.6) is 0 Å². The summed E-state index contributed by atoms with van der Waals surface area (Å²) in [5.74, 6) is 0. The molecule has 0 saturated carbocycles. The maximum Gasteiger partial charge on any atom is 0.0760 e. The minimum Gasteiger partial charge on any atom is -0.0953 e. The topological polar surface area (TPSA) is 0 Å². The zero-order chi connectivity index (χ0) is 16.6. The summed E-state index contributed by atoms with van der Waals surface area (Å²) in [4.78, 5) is 0. The molecule has 1 heteroatoms. The third-order valence-corrected chi connectivity index (χ3v) is 7.04. The molecule has 0 unspecified atom stereocenters. The van der Waals surface area contributed by atoms with Crippen molar-refractivity contribution >= 4 is 24.5 Å². The molecule has 3 aromatic carbocycles. The van der Waals surface area contributed by atoms with Crippen LogP contribution in [0, 0.1) is 6.92 Å². The second kappa shape index (κ2) is 8.56. The van der Waals surface area contributed by atoms with Crippen LogP contribution >= 0.6 is 0 Å². The van der Waals surface area contributed by atoms with Crippen LogP contribution in [0.1, 0.15) is 24.0 Å². The van der Waals surface area contributed by atoms with E-state index in [9.17, 15) is 0 Å². The largest absolute Gasteiger partial charge is 0.0953 e. The first kappa shape index (κ1) is 16.6. The van der Waals surface area contributed by atoms with Crippen LogP contribution in [0.3, 0.4) is 0 Å². The van der Waals surface area contributed by atoms with Crippen molar-refractivity contribution in [1.82, 2.24) is 0 Å². The summed E-state index contributed by atoms with van der Waals surface area (Å²) in [5.41, 5.74) is 5.47. The van der Waals surface area contributed by atoms with Crippen molar-refractivity contribution in [1.29, 1.82) is 0 Å². The first-order valence-corrected chi connectivity index (χ1v) is 10.3. The normalized spacial score (nSPS) is 10.4. The Bertz CT molecular complexity index is 747. The Balaban J connectivity index is 1.74. The van der Waals surface area contributed by atoms with Crippen molar-refractivity contribution in [3.63, 3.8) is 0 Å². The minimum atomic E-state index is -0.789. The molecule has 0 nitrogen and oxygen atoms in total. The van der Waals surface area contributed by atoms with Gasteiger partial charge in [0.2, 0.25) is 0 Å². The fraction of sp³-hybridized carbons (Fsp3) is 0.174. The average molecular weight is 329 g/mol. The molecular formula is C23H24Si. The van der Waals surface area contributed by atoms with Gasteiger partial charge in [-0.25, -0.2) is 0 Å². The maximum absolute atomic E-state index is 2.58. The summed E-state index contributed by atoms with van der Waals surface area (Å²) in [7, 11) is -0.789. The lowest BCUT2D eigenvalue weighted by Gasteiger charge is -2.08. The average Bonchev–Trinajstić information content (AvgIpc) is 2.64. The van der Waals surface area contributed by atoms with Gasteiger partial charge < -0.3 is 0 Å². The Kier molecular flexibility index (Phi) is 5.92. The molecule has 0 saturated heterocycles. The molecule has 0 heterocycles. The number of rotatable bonds is 6. The summed E-state index contributed by atoms with van der Waals surface area (Å²) in [6, 6.07) is 30.7. The molecule has 0 atom stereocenters. The number of unbranched alkanes of at least 4 members (excludes halogenated alkanes) is 1. The summed E-state index contributed by atoms with van der Waals surface area (Å²) in [6.07, 6.45) is 3.56. The quantitative estimate of drug-likeness (QED) is 0.474. The Labute approximate surface area is 147 Å². The lowest BCUT2D eigenvalue weighted by Crippen LogP contribution is -2.36. The highest BCUT2D eigenvalue weighted by molar-refractivity contribution is 6.88. The predicted molar refractivity (Wildman–Crippen MR) is 108 cm³/mol. The monoisotopic (exact) mass is 328 g/mol. The van der Waals surface area contributed by atoms with Crippen molar-refractivity contribution in [2.75, 3.05) is 0 Å². The molecule has 0 aliphatic heterocycles. The van der Waals surface area contributed by atoms with E-state index in [-0.39, 0.29) is 0 Å². The van der Waals surface area contributed by atoms with Crippen molar-refractivity contribution < 1.29 is 0 Å². The number of hydrogen-bond donors (Lipinski definition) is 0. The van der Waals surface area contributed by atoms with E-state index in [1.165, 1.54) is 40.8 Å². The summed E-state index contributed by atoms with van der Waals surface area (Å²) < 4.78 is 0. The van der Waals surface area contributed by atoms with Gasteiger partial charge >= 0.3 is 0 Å². The Morgan fingerprint density at radius 1 is 0.708 bits per heavy atom. The fourth-order valence-corrected chi connectivity index (χ4v) is 5.47. The molecule has 0 amide bonds. The second-order valence-electron chi connectivity index (χ2n) is 6.17. The lowest BCUT2D eigenvalue weighted by molar-refractivity contribution is 0.871. The third kappa shape index (κ3) is 4.39. The van der Waals surface area contributed by atoms with Crippen molar-refractivity contribution in [3.8, 4) is 0 Å². The number of aryl methyl sites for hydroxylation is 2. The summed E-state index contributed by atoms with van der Waals surface area (Å²) >= 11 is 0. The molecule has 0 radical (unpaired) electrons. The molecule has 120 valence electrons. The Hall–Kier alpha value is -2.25. The van der Waals surface area contributed by atoms with Crippen LogP contribution in [0.25, 0.3) is 0 Å². The molecule has 3 rings (SSSR count). The van der Waals surface area contributed by atoms with Gasteiger partial charge in [-0.15, -0.1) is 0 Å². The first-order valence-electron chi connectivity index (χ1n) is 8.70. The van der Waals surface area contributed by atoms with Crippen LogP contribution in [0.15, 0.2) is 84.9 Å². The highest BCUT2D eigenvalue weighted by atomic mass is 28.2. The molecule has 3 aromatic rings. The number of benzene rings is 3. The molecule has 0 aliphatic rings. The second-order valence-corrected chi connectivity index (χ2v) is 8.56. The van der Waals surface area contributed by atoms with Gasteiger partial charge in [0.1, 0.15) is 0 Å². The molecule has 0 fully saturated rings. The van der Waals surface area contributed by atoms with E-state index in [0.29, 0.717) is 0 Å². The van der Waals surface area contributed by atoms with Gasteiger partial charge in [0.25, 0.3) is 0 Å². The first-order chi connectivity index (χ1) is 11.8. The molecule has 0 aliphatic carbocycles. The van der Waals surface area contributed by atoms with Gasteiger partial charge in [0.15, 0.2) is 0 Å². The zero-order valence-corrected chi connectivity index (χ0v) is 15.3. The summed E-state index contributed by atoms with van der Waals surface area (Å²) in [5, 5.41) is 2.95. The van der Waals surface area contributed by atoms with E-state index in [0.717, 1.165) is 0 Å². The van der Waals surface area contributed by atoms with E-state index >= 15 is 0 Å². The van der Waals surface area contributed by atoms with Gasteiger partial charge in [-0.3, -0.25) is 0 Å². The Morgan fingerprint density at radius 2 is 1.25 bits per heavy atom. The predicted octanol–water partition coefficient (Wildman–Crippen LogP) is 4.01. The molecule has 0 N–H and O–H groups in total. The lowest BCUT2D eigenvalue weighted by atomic mass is 10.0. The SMILES string of the molecule is Cc1ccccc1CCCC=[Si](c1ccccc1)c1ccccc1. The number of hydrogen-bond acceptors (Lipinski definition) is 0. The van der Waals surface area contributed by atoms with Gasteiger partial charge in [0.05, 0.1) is 8.41 Å². The summed E-state index contributed by atoms with van der Waals surface area (Å²) in [6.45, 7) is 2.21. The highest BCUT2D eigenvalue weighted by Crippen LogP contribution is 2.10. The van der Waals surface area contributed by atoms with Crippen LogP contribution < -0.4 is 10.4 Å². The van der Waals surface area contributed by atoms with E-state index < -0.39 is 8.41 Å². The third-order valence-electron chi connectivity index (χ3n) is 4.43. The maximum atomic E-state index is 2.58. The van der Waals surface area contributed by atoms with Gasteiger partial charge in [0, 0.05) is 0 Å². The van der Waals surface area contributed by atoms with E-state index in [4.69, 9.17) is 0 Å². The molecule has 0 spiro atoms. The van der Waals surface area contributed by atoms with Crippen LogP contribution in [0.4, 0.5) is 0 Å². The van der Waals surface area contributed by atoms with Crippen LogP contribution in [-0.2, 0) is 6.42 Å². The van der Waals surface area contributed by atoms with Crippen LogP contribution in [0.2, 0.25) is 0 Å². The van der Waals surface area contributed by atoms with Gasteiger partial charge in [-0.05, 0) is 47.7 Å². The molecular weight excluding hydrogens is 304 g/mol. The molecule has 24 heavy (non-hydrogen) atoms. The van der Waals surface area contributed by atoms with Crippen molar-refractivity contribution in [2.45, 2.75) is 26.2 Å².